The van der Waals surface area contributed by atoms with Crippen molar-refractivity contribution < 1.29 is 4.79 Å². The van der Waals surface area contributed by atoms with E-state index in [9.17, 15) is 4.79 Å². The molecule has 1 fully saturated rings. The summed E-state index contributed by atoms with van der Waals surface area (Å²) in [6.07, 6.45) is 7.17. The molecule has 106 valence electrons. The van der Waals surface area contributed by atoms with Crippen LogP contribution in [0.5, 0.6) is 0 Å². The Labute approximate surface area is 111 Å². The third kappa shape index (κ3) is 5.36. The molecule has 0 spiro atoms. The Morgan fingerprint density at radius 2 is 2.11 bits per heavy atom. The number of likely N-dealkylation sites (N-methyl/N-ethyl adjacent to an activating group) is 1. The topological polar surface area (TPSA) is 58.4 Å². The molecular weight excluding hydrogens is 226 g/mol. The molecule has 4 heteroatoms. The second-order valence-corrected chi connectivity index (χ2v) is 5.54. The number of carbonyl (C=O) groups is 1. The van der Waals surface area contributed by atoms with Crippen molar-refractivity contribution in [3.05, 3.63) is 0 Å². The molecule has 0 aliphatic heterocycles. The standard InChI is InChI=1S/C14H29N3O/c1-12(6-5-9-15)14(18)16-10-11-17(2)13-7-3-4-8-13/h12-13H,3-11,15H2,1-2H3,(H,16,18). The van der Waals surface area contributed by atoms with Crippen molar-refractivity contribution in [2.24, 2.45) is 11.7 Å². The Morgan fingerprint density at radius 3 is 2.72 bits per heavy atom. The summed E-state index contributed by atoms with van der Waals surface area (Å²) >= 11 is 0. The minimum atomic E-state index is 0.0883. The van der Waals surface area contributed by atoms with Gasteiger partial charge in [0.05, 0.1) is 0 Å². The minimum Gasteiger partial charge on any atom is -0.355 e. The molecule has 1 aliphatic carbocycles. The molecule has 18 heavy (non-hydrogen) atoms. The molecule has 0 bridgehead atoms. The molecule has 1 rings (SSSR count). The Balaban J connectivity index is 2.10. The van der Waals surface area contributed by atoms with Crippen molar-refractivity contribution >= 4 is 5.91 Å². The van der Waals surface area contributed by atoms with E-state index in [0.717, 1.165) is 32.0 Å². The predicted molar refractivity (Wildman–Crippen MR) is 75.3 cm³/mol. The van der Waals surface area contributed by atoms with Crippen LogP contribution in [0.4, 0.5) is 0 Å². The summed E-state index contributed by atoms with van der Waals surface area (Å²) < 4.78 is 0. The number of carbonyl (C=O) groups excluding carboxylic acids is 1. The molecule has 4 nitrogen and oxygen atoms in total. The van der Waals surface area contributed by atoms with Gasteiger partial charge < -0.3 is 16.0 Å². The van der Waals surface area contributed by atoms with E-state index in [2.05, 4.69) is 17.3 Å². The highest BCUT2D eigenvalue weighted by molar-refractivity contribution is 5.78. The van der Waals surface area contributed by atoms with E-state index in [-0.39, 0.29) is 11.8 Å². The molecule has 1 atom stereocenters. The van der Waals surface area contributed by atoms with Crippen LogP contribution in [0.3, 0.4) is 0 Å². The lowest BCUT2D eigenvalue weighted by atomic mass is 10.1. The van der Waals surface area contributed by atoms with Crippen molar-refractivity contribution in [2.45, 2.75) is 51.5 Å². The summed E-state index contributed by atoms with van der Waals surface area (Å²) in [6.45, 7) is 4.37. The first kappa shape index (κ1) is 15.4. The third-order valence-corrected chi connectivity index (χ3v) is 4.00. The van der Waals surface area contributed by atoms with E-state index < -0.39 is 0 Å². The third-order valence-electron chi connectivity index (χ3n) is 4.00. The summed E-state index contributed by atoms with van der Waals surface area (Å²) in [4.78, 5) is 14.2. The van der Waals surface area contributed by atoms with Crippen LogP contribution in [0.25, 0.3) is 0 Å². The average Bonchev–Trinajstić information content (AvgIpc) is 2.89. The molecule has 1 unspecified atom stereocenters. The molecule has 1 saturated carbocycles. The molecule has 0 radical (unpaired) electrons. The lowest BCUT2D eigenvalue weighted by Crippen LogP contribution is -2.39. The SMILES string of the molecule is CC(CCCN)C(=O)NCCN(C)C1CCCC1. The second-order valence-electron chi connectivity index (χ2n) is 5.54. The van der Waals surface area contributed by atoms with Gasteiger partial charge in [0.15, 0.2) is 0 Å². The number of amides is 1. The number of rotatable bonds is 8. The van der Waals surface area contributed by atoms with Gasteiger partial charge in [-0.3, -0.25) is 4.79 Å². The Kier molecular flexibility index (Phi) is 7.28. The maximum Gasteiger partial charge on any atom is 0.222 e. The first-order chi connectivity index (χ1) is 8.65. The molecular formula is C14H29N3O. The lowest BCUT2D eigenvalue weighted by Gasteiger charge is -2.24. The summed E-state index contributed by atoms with van der Waals surface area (Å²) in [6, 6.07) is 0.733. The first-order valence-electron chi connectivity index (χ1n) is 7.33. The van der Waals surface area contributed by atoms with Crippen LogP contribution in [0.15, 0.2) is 0 Å². The van der Waals surface area contributed by atoms with Crippen LogP contribution >= 0.6 is 0 Å². The van der Waals surface area contributed by atoms with Crippen LogP contribution in [0.2, 0.25) is 0 Å². The van der Waals surface area contributed by atoms with Crippen molar-refractivity contribution in [1.82, 2.24) is 10.2 Å². The van der Waals surface area contributed by atoms with Crippen LogP contribution < -0.4 is 11.1 Å². The summed E-state index contributed by atoms with van der Waals surface area (Å²) in [5.74, 6) is 0.258. The van der Waals surface area contributed by atoms with Gasteiger partial charge in [0, 0.05) is 25.0 Å². The molecule has 3 N–H and O–H groups in total. The highest BCUT2D eigenvalue weighted by Crippen LogP contribution is 2.21. The van der Waals surface area contributed by atoms with Gasteiger partial charge >= 0.3 is 0 Å². The fourth-order valence-electron chi connectivity index (χ4n) is 2.61. The number of hydrogen-bond acceptors (Lipinski definition) is 3. The maximum absolute atomic E-state index is 11.8. The van der Waals surface area contributed by atoms with Gasteiger partial charge in [-0.15, -0.1) is 0 Å². The normalized spacial score (nSPS) is 18.2. The molecule has 1 amide bonds. The lowest BCUT2D eigenvalue weighted by molar-refractivity contribution is -0.124. The van der Waals surface area contributed by atoms with E-state index in [4.69, 9.17) is 5.73 Å². The zero-order valence-corrected chi connectivity index (χ0v) is 12.0. The Hall–Kier alpha value is -0.610. The maximum atomic E-state index is 11.8. The van der Waals surface area contributed by atoms with Crippen molar-refractivity contribution in [3.8, 4) is 0 Å². The number of nitrogens with one attached hydrogen (secondary N) is 1. The van der Waals surface area contributed by atoms with Crippen LogP contribution in [-0.4, -0.2) is 43.5 Å². The van der Waals surface area contributed by atoms with Crippen LogP contribution in [-0.2, 0) is 4.79 Å². The van der Waals surface area contributed by atoms with E-state index >= 15 is 0 Å². The van der Waals surface area contributed by atoms with Gasteiger partial charge in [0.25, 0.3) is 0 Å². The summed E-state index contributed by atoms with van der Waals surface area (Å²) in [7, 11) is 2.17. The average molecular weight is 255 g/mol. The van der Waals surface area contributed by atoms with Gasteiger partial charge in [-0.2, -0.15) is 0 Å². The summed E-state index contributed by atoms with van der Waals surface area (Å²) in [5.41, 5.74) is 5.45. The van der Waals surface area contributed by atoms with Gasteiger partial charge in [0.2, 0.25) is 5.91 Å². The molecule has 0 aromatic rings. The number of nitrogens with zero attached hydrogens (tertiary/aromatic N) is 1. The van der Waals surface area contributed by atoms with Gasteiger partial charge in [-0.05, 0) is 39.3 Å². The quantitative estimate of drug-likeness (QED) is 0.688. The summed E-state index contributed by atoms with van der Waals surface area (Å²) in [5, 5.41) is 3.02. The van der Waals surface area contributed by atoms with Gasteiger partial charge in [0.1, 0.15) is 0 Å². The first-order valence-corrected chi connectivity index (χ1v) is 7.33. The molecule has 0 heterocycles. The van der Waals surface area contributed by atoms with Crippen molar-refractivity contribution in [3.63, 3.8) is 0 Å². The van der Waals surface area contributed by atoms with Crippen LogP contribution in [0, 0.1) is 5.92 Å². The smallest absolute Gasteiger partial charge is 0.222 e. The number of hydrogen-bond donors (Lipinski definition) is 2. The predicted octanol–water partition coefficient (Wildman–Crippen LogP) is 1.35. The van der Waals surface area contributed by atoms with E-state index in [0.29, 0.717) is 6.54 Å². The minimum absolute atomic E-state index is 0.0883. The van der Waals surface area contributed by atoms with E-state index in [1.54, 1.807) is 0 Å². The van der Waals surface area contributed by atoms with Gasteiger partial charge in [-0.25, -0.2) is 0 Å². The van der Waals surface area contributed by atoms with Gasteiger partial charge in [-0.1, -0.05) is 19.8 Å². The van der Waals surface area contributed by atoms with E-state index in [1.165, 1.54) is 25.7 Å². The second kappa shape index (κ2) is 8.48. The van der Waals surface area contributed by atoms with Crippen molar-refractivity contribution in [1.29, 1.82) is 0 Å². The van der Waals surface area contributed by atoms with Crippen molar-refractivity contribution in [2.75, 3.05) is 26.7 Å². The highest BCUT2D eigenvalue weighted by atomic mass is 16.1. The zero-order chi connectivity index (χ0) is 13.4. The fourth-order valence-corrected chi connectivity index (χ4v) is 2.61. The molecule has 1 aliphatic rings. The number of nitrogens with two attached hydrogens (primary N) is 1. The fraction of sp³-hybridized carbons (Fsp3) is 0.929. The van der Waals surface area contributed by atoms with E-state index in [1.807, 2.05) is 6.92 Å². The Bertz CT molecular complexity index is 239. The molecule has 0 saturated heterocycles. The monoisotopic (exact) mass is 255 g/mol. The highest BCUT2D eigenvalue weighted by Gasteiger charge is 2.19. The van der Waals surface area contributed by atoms with Crippen LogP contribution in [0.1, 0.15) is 45.4 Å². The molecule has 0 aromatic heterocycles. The Morgan fingerprint density at radius 1 is 1.44 bits per heavy atom. The molecule has 0 aromatic carbocycles. The largest absolute Gasteiger partial charge is 0.355 e. The zero-order valence-electron chi connectivity index (χ0n) is 12.0.